The molecule has 1 saturated carbocycles. The van der Waals surface area contributed by atoms with Crippen LogP contribution in [-0.2, 0) is 0 Å². The van der Waals surface area contributed by atoms with E-state index in [9.17, 15) is 4.79 Å². The number of nitrogens with zero attached hydrogens (tertiary/aromatic N) is 1. The zero-order valence-electron chi connectivity index (χ0n) is 11.2. The summed E-state index contributed by atoms with van der Waals surface area (Å²) in [6.45, 7) is 4.31. The standard InChI is InChI=1S/C15H18N2O2/c1-15(2)9-13(15)17-14(19)12-7-6-11(10-16-12)5-3-4-8-18/h6-7,10,13,18H,4,8-9H2,1-2H3,(H,17,19). The van der Waals surface area contributed by atoms with Gasteiger partial charge >= 0.3 is 0 Å². The third kappa shape index (κ3) is 3.55. The van der Waals surface area contributed by atoms with Crippen molar-refractivity contribution in [3.05, 3.63) is 29.6 Å². The molecule has 4 heteroatoms. The Morgan fingerprint density at radius 3 is 2.84 bits per heavy atom. The maximum Gasteiger partial charge on any atom is 0.270 e. The van der Waals surface area contributed by atoms with E-state index in [0.717, 1.165) is 12.0 Å². The van der Waals surface area contributed by atoms with Crippen LogP contribution in [0.2, 0.25) is 0 Å². The first-order valence-corrected chi connectivity index (χ1v) is 6.39. The van der Waals surface area contributed by atoms with Crippen molar-refractivity contribution in [2.75, 3.05) is 6.61 Å². The third-order valence-electron chi connectivity index (χ3n) is 3.28. The molecule has 0 aromatic carbocycles. The second kappa shape index (κ2) is 5.41. The number of amides is 1. The zero-order valence-corrected chi connectivity index (χ0v) is 11.2. The van der Waals surface area contributed by atoms with E-state index < -0.39 is 0 Å². The molecule has 100 valence electrons. The first-order valence-electron chi connectivity index (χ1n) is 6.39. The largest absolute Gasteiger partial charge is 0.395 e. The minimum atomic E-state index is -0.134. The van der Waals surface area contributed by atoms with Crippen LogP contribution < -0.4 is 5.32 Å². The van der Waals surface area contributed by atoms with Crippen molar-refractivity contribution < 1.29 is 9.90 Å². The normalized spacial score (nSPS) is 19.2. The lowest BCUT2D eigenvalue weighted by Gasteiger charge is -2.06. The molecule has 0 saturated heterocycles. The van der Waals surface area contributed by atoms with Crippen molar-refractivity contribution in [3.63, 3.8) is 0 Å². The number of carbonyl (C=O) groups is 1. The summed E-state index contributed by atoms with van der Waals surface area (Å²) < 4.78 is 0. The fourth-order valence-electron chi connectivity index (χ4n) is 1.77. The summed E-state index contributed by atoms with van der Waals surface area (Å²) in [6, 6.07) is 3.70. The fourth-order valence-corrected chi connectivity index (χ4v) is 1.77. The highest BCUT2D eigenvalue weighted by molar-refractivity contribution is 5.92. The van der Waals surface area contributed by atoms with Gasteiger partial charge in [-0.1, -0.05) is 25.7 Å². The average Bonchev–Trinajstić information content (AvgIpc) is 2.97. The summed E-state index contributed by atoms with van der Waals surface area (Å²) in [5.41, 5.74) is 1.37. The molecule has 1 aromatic heterocycles. The molecule has 1 amide bonds. The van der Waals surface area contributed by atoms with E-state index in [1.165, 1.54) is 0 Å². The summed E-state index contributed by atoms with van der Waals surface area (Å²) in [5, 5.41) is 11.6. The van der Waals surface area contributed by atoms with Gasteiger partial charge in [-0.15, -0.1) is 0 Å². The molecule has 1 unspecified atom stereocenters. The van der Waals surface area contributed by atoms with E-state index in [1.54, 1.807) is 18.3 Å². The smallest absolute Gasteiger partial charge is 0.270 e. The van der Waals surface area contributed by atoms with Gasteiger partial charge in [0.15, 0.2) is 0 Å². The Hall–Kier alpha value is -1.86. The quantitative estimate of drug-likeness (QED) is 0.804. The predicted molar refractivity (Wildman–Crippen MR) is 72.5 cm³/mol. The molecule has 19 heavy (non-hydrogen) atoms. The van der Waals surface area contributed by atoms with Gasteiger partial charge in [0.1, 0.15) is 5.69 Å². The predicted octanol–water partition coefficient (Wildman–Crippen LogP) is 1.34. The second-order valence-corrected chi connectivity index (χ2v) is 5.43. The van der Waals surface area contributed by atoms with Crippen LogP contribution >= 0.6 is 0 Å². The van der Waals surface area contributed by atoms with Gasteiger partial charge in [0.2, 0.25) is 0 Å². The molecule has 1 heterocycles. The molecule has 0 bridgehead atoms. The van der Waals surface area contributed by atoms with E-state index in [1.807, 2.05) is 0 Å². The number of pyridine rings is 1. The highest BCUT2D eigenvalue weighted by Gasteiger charge is 2.46. The summed E-state index contributed by atoms with van der Waals surface area (Å²) in [6.07, 6.45) is 3.04. The number of carbonyl (C=O) groups excluding carboxylic acids is 1. The van der Waals surface area contributed by atoms with Crippen LogP contribution in [0, 0.1) is 17.3 Å². The van der Waals surface area contributed by atoms with Crippen molar-refractivity contribution in [2.24, 2.45) is 5.41 Å². The van der Waals surface area contributed by atoms with Crippen LogP contribution in [0.5, 0.6) is 0 Å². The summed E-state index contributed by atoms with van der Waals surface area (Å²) in [5.74, 6) is 5.55. The molecular weight excluding hydrogens is 240 g/mol. The SMILES string of the molecule is CC1(C)CC1NC(=O)c1ccc(C#CCCO)cn1. The Balaban J connectivity index is 1.95. The van der Waals surface area contributed by atoms with Gasteiger partial charge in [-0.25, -0.2) is 4.98 Å². The number of aliphatic hydroxyl groups is 1. The van der Waals surface area contributed by atoms with Crippen LogP contribution in [0.4, 0.5) is 0 Å². The number of aromatic nitrogens is 1. The van der Waals surface area contributed by atoms with Gasteiger partial charge in [-0.05, 0) is 24.0 Å². The van der Waals surface area contributed by atoms with E-state index in [4.69, 9.17) is 5.11 Å². The molecule has 4 nitrogen and oxygen atoms in total. The molecule has 1 aliphatic carbocycles. The van der Waals surface area contributed by atoms with E-state index in [0.29, 0.717) is 12.1 Å². The van der Waals surface area contributed by atoms with Crippen molar-refractivity contribution in [1.82, 2.24) is 10.3 Å². The van der Waals surface area contributed by atoms with E-state index >= 15 is 0 Å². The Labute approximate surface area is 113 Å². The first kappa shape index (κ1) is 13.6. The van der Waals surface area contributed by atoms with Crippen LogP contribution in [0.25, 0.3) is 0 Å². The lowest BCUT2D eigenvalue weighted by atomic mass is 10.2. The van der Waals surface area contributed by atoms with Crippen LogP contribution in [0.15, 0.2) is 18.3 Å². The third-order valence-corrected chi connectivity index (χ3v) is 3.28. The summed E-state index contributed by atoms with van der Waals surface area (Å²) in [7, 11) is 0. The maximum absolute atomic E-state index is 11.9. The number of rotatable bonds is 3. The molecular formula is C15H18N2O2. The Morgan fingerprint density at radius 2 is 2.32 bits per heavy atom. The molecule has 0 spiro atoms. The summed E-state index contributed by atoms with van der Waals surface area (Å²) in [4.78, 5) is 16.0. The van der Waals surface area contributed by atoms with Gasteiger partial charge in [-0.2, -0.15) is 0 Å². The van der Waals surface area contributed by atoms with Gasteiger partial charge < -0.3 is 10.4 Å². The van der Waals surface area contributed by atoms with Crippen LogP contribution in [0.1, 0.15) is 42.7 Å². The van der Waals surface area contributed by atoms with E-state index in [-0.39, 0.29) is 24.0 Å². The van der Waals surface area contributed by atoms with E-state index in [2.05, 4.69) is 36.0 Å². The Kier molecular flexibility index (Phi) is 3.87. The minimum absolute atomic E-state index is 0.0537. The zero-order chi connectivity index (χ0) is 13.9. The topological polar surface area (TPSA) is 62.2 Å². The molecule has 1 atom stereocenters. The van der Waals surface area contributed by atoms with Gasteiger partial charge in [-0.3, -0.25) is 4.79 Å². The monoisotopic (exact) mass is 258 g/mol. The Morgan fingerprint density at radius 1 is 1.58 bits per heavy atom. The van der Waals surface area contributed by atoms with Crippen LogP contribution in [-0.4, -0.2) is 28.6 Å². The highest BCUT2D eigenvalue weighted by atomic mass is 16.2. The molecule has 2 rings (SSSR count). The lowest BCUT2D eigenvalue weighted by molar-refractivity contribution is 0.0941. The Bertz CT molecular complexity index is 523. The molecule has 1 fully saturated rings. The lowest BCUT2D eigenvalue weighted by Crippen LogP contribution is -2.29. The number of hydrogen-bond acceptors (Lipinski definition) is 3. The fraction of sp³-hybridized carbons (Fsp3) is 0.467. The molecule has 0 aliphatic heterocycles. The number of aliphatic hydroxyl groups excluding tert-OH is 1. The minimum Gasteiger partial charge on any atom is -0.395 e. The van der Waals surface area contributed by atoms with Crippen LogP contribution in [0.3, 0.4) is 0 Å². The van der Waals surface area contributed by atoms with Crippen molar-refractivity contribution in [3.8, 4) is 11.8 Å². The molecule has 2 N–H and O–H groups in total. The van der Waals surface area contributed by atoms with Crippen molar-refractivity contribution in [1.29, 1.82) is 0 Å². The molecule has 0 radical (unpaired) electrons. The molecule has 1 aliphatic rings. The van der Waals surface area contributed by atoms with Crippen molar-refractivity contribution in [2.45, 2.75) is 32.7 Å². The number of hydrogen-bond donors (Lipinski definition) is 2. The van der Waals surface area contributed by atoms with Gasteiger partial charge in [0.05, 0.1) is 6.61 Å². The molecule has 1 aromatic rings. The second-order valence-electron chi connectivity index (χ2n) is 5.43. The summed E-state index contributed by atoms with van der Waals surface area (Å²) >= 11 is 0. The number of nitrogens with one attached hydrogen (secondary N) is 1. The average molecular weight is 258 g/mol. The van der Waals surface area contributed by atoms with Crippen molar-refractivity contribution >= 4 is 5.91 Å². The van der Waals surface area contributed by atoms with Gasteiger partial charge in [0.25, 0.3) is 5.91 Å². The maximum atomic E-state index is 11.9. The first-order chi connectivity index (χ1) is 9.03. The highest BCUT2D eigenvalue weighted by Crippen LogP contribution is 2.44. The van der Waals surface area contributed by atoms with Gasteiger partial charge in [0, 0.05) is 24.2 Å².